The number of thiophene rings is 1. The average Bonchev–Trinajstić information content (AvgIpc) is 2.76. The molecular weight excluding hydrogens is 254 g/mol. The number of aliphatic hydroxyl groups is 1. The van der Waals surface area contributed by atoms with Crippen molar-refractivity contribution in [3.8, 4) is 0 Å². The van der Waals surface area contributed by atoms with E-state index in [0.29, 0.717) is 11.8 Å². The molecule has 2 nitrogen and oxygen atoms in total. The molecular formula is C16H29NOS. The molecule has 0 radical (unpaired) electrons. The van der Waals surface area contributed by atoms with Crippen molar-refractivity contribution in [2.24, 2.45) is 11.7 Å². The number of nitrogens with two attached hydrogens (primary N) is 1. The summed E-state index contributed by atoms with van der Waals surface area (Å²) in [5, 5.41) is 10.1. The van der Waals surface area contributed by atoms with E-state index in [1.807, 2.05) is 11.3 Å². The minimum Gasteiger partial charge on any atom is -0.391 e. The Hall–Kier alpha value is -0.380. The Morgan fingerprint density at radius 3 is 2.53 bits per heavy atom. The molecule has 1 heterocycles. The molecule has 1 rings (SSSR count). The Balaban J connectivity index is 2.53. The van der Waals surface area contributed by atoms with Gasteiger partial charge in [-0.2, -0.15) is 0 Å². The normalized spacial score (nSPS) is 16.6. The zero-order valence-electron chi connectivity index (χ0n) is 12.7. The lowest BCUT2D eigenvalue weighted by Crippen LogP contribution is -2.35. The molecule has 1 aromatic heterocycles. The average molecular weight is 283 g/mol. The van der Waals surface area contributed by atoms with Crippen LogP contribution in [0.3, 0.4) is 0 Å². The van der Waals surface area contributed by atoms with Gasteiger partial charge in [0.2, 0.25) is 0 Å². The molecule has 1 aromatic rings. The van der Waals surface area contributed by atoms with Gasteiger partial charge >= 0.3 is 0 Å². The van der Waals surface area contributed by atoms with Crippen LogP contribution in [-0.4, -0.2) is 17.3 Å². The summed E-state index contributed by atoms with van der Waals surface area (Å²) >= 11 is 1.88. The molecule has 19 heavy (non-hydrogen) atoms. The third-order valence-corrected chi connectivity index (χ3v) is 4.83. The van der Waals surface area contributed by atoms with Crippen LogP contribution in [-0.2, 0) is 6.42 Å². The largest absolute Gasteiger partial charge is 0.391 e. The number of aliphatic hydroxyl groups excluding tert-OH is 1. The molecule has 0 spiro atoms. The molecule has 0 saturated heterocycles. The van der Waals surface area contributed by atoms with E-state index in [-0.39, 0.29) is 12.1 Å². The molecule has 3 N–H and O–H groups in total. The summed E-state index contributed by atoms with van der Waals surface area (Å²) in [5.41, 5.74) is 5.98. The zero-order chi connectivity index (χ0) is 14.4. The van der Waals surface area contributed by atoms with Crippen LogP contribution in [0.5, 0.6) is 0 Å². The molecule has 0 aliphatic carbocycles. The molecule has 0 saturated carbocycles. The minimum absolute atomic E-state index is 0.0810. The van der Waals surface area contributed by atoms with Crippen molar-refractivity contribution < 1.29 is 5.11 Å². The molecule has 0 bridgehead atoms. The molecule has 0 amide bonds. The van der Waals surface area contributed by atoms with Crippen molar-refractivity contribution in [3.05, 3.63) is 21.9 Å². The maximum Gasteiger partial charge on any atom is 0.0697 e. The van der Waals surface area contributed by atoms with Crippen LogP contribution >= 0.6 is 11.3 Å². The van der Waals surface area contributed by atoms with Crippen molar-refractivity contribution in [2.45, 2.75) is 71.4 Å². The lowest BCUT2D eigenvalue weighted by Gasteiger charge is -2.21. The predicted molar refractivity (Wildman–Crippen MR) is 84.8 cm³/mol. The Kier molecular flexibility index (Phi) is 7.05. The second-order valence-corrected chi connectivity index (χ2v) is 7.26. The fourth-order valence-corrected chi connectivity index (χ4v) is 3.64. The van der Waals surface area contributed by atoms with E-state index >= 15 is 0 Å². The fourth-order valence-electron chi connectivity index (χ4n) is 2.35. The summed E-state index contributed by atoms with van der Waals surface area (Å²) in [6, 6.07) is 4.36. The van der Waals surface area contributed by atoms with Crippen LogP contribution in [0, 0.1) is 5.92 Å². The van der Waals surface area contributed by atoms with Gasteiger partial charge in [-0.05, 0) is 43.2 Å². The van der Waals surface area contributed by atoms with E-state index in [2.05, 4.69) is 39.8 Å². The lowest BCUT2D eigenvalue weighted by molar-refractivity contribution is 0.124. The maximum absolute atomic E-state index is 10.1. The molecule has 0 fully saturated rings. The van der Waals surface area contributed by atoms with Crippen LogP contribution in [0.1, 0.15) is 62.6 Å². The Bertz CT molecular complexity index is 361. The van der Waals surface area contributed by atoms with Gasteiger partial charge < -0.3 is 10.8 Å². The molecule has 110 valence electrons. The summed E-state index contributed by atoms with van der Waals surface area (Å²) in [4.78, 5) is 2.82. The quantitative estimate of drug-likeness (QED) is 0.759. The smallest absolute Gasteiger partial charge is 0.0697 e. The third-order valence-electron chi connectivity index (χ3n) is 3.49. The predicted octanol–water partition coefficient (Wildman–Crippen LogP) is 3.93. The van der Waals surface area contributed by atoms with E-state index in [1.54, 1.807) is 0 Å². The summed E-state index contributed by atoms with van der Waals surface area (Å²) in [6.45, 7) is 8.78. The van der Waals surface area contributed by atoms with Gasteiger partial charge in [0.25, 0.3) is 0 Å². The Morgan fingerprint density at radius 2 is 1.95 bits per heavy atom. The minimum atomic E-state index is -0.384. The Morgan fingerprint density at radius 1 is 1.26 bits per heavy atom. The number of rotatable bonds is 8. The zero-order valence-corrected chi connectivity index (χ0v) is 13.5. The first kappa shape index (κ1) is 16.7. The van der Waals surface area contributed by atoms with Gasteiger partial charge in [-0.1, -0.05) is 34.1 Å². The van der Waals surface area contributed by atoms with E-state index < -0.39 is 0 Å². The molecule has 3 heteroatoms. The summed E-state index contributed by atoms with van der Waals surface area (Å²) in [7, 11) is 0. The molecule has 0 aliphatic rings. The van der Waals surface area contributed by atoms with Crippen LogP contribution < -0.4 is 5.73 Å². The first-order valence-electron chi connectivity index (χ1n) is 7.46. The van der Waals surface area contributed by atoms with Crippen LogP contribution in [0.25, 0.3) is 0 Å². The highest BCUT2D eigenvalue weighted by molar-refractivity contribution is 7.12. The van der Waals surface area contributed by atoms with Crippen molar-refractivity contribution in [3.63, 3.8) is 0 Å². The highest BCUT2D eigenvalue weighted by Crippen LogP contribution is 2.30. The van der Waals surface area contributed by atoms with Gasteiger partial charge in [0.15, 0.2) is 0 Å². The first-order valence-corrected chi connectivity index (χ1v) is 8.27. The van der Waals surface area contributed by atoms with Gasteiger partial charge in [-0.25, -0.2) is 0 Å². The van der Waals surface area contributed by atoms with Crippen molar-refractivity contribution >= 4 is 11.3 Å². The van der Waals surface area contributed by atoms with E-state index in [9.17, 15) is 5.11 Å². The van der Waals surface area contributed by atoms with Crippen molar-refractivity contribution in [1.82, 2.24) is 0 Å². The highest BCUT2D eigenvalue weighted by atomic mass is 32.1. The monoisotopic (exact) mass is 283 g/mol. The molecule has 3 atom stereocenters. The van der Waals surface area contributed by atoms with Crippen LogP contribution in [0.15, 0.2) is 12.1 Å². The third kappa shape index (κ3) is 5.64. The standard InChI is InChI=1S/C16H29NOS/c1-5-6-14(17)15(18)10-12(4)16-8-7-13(19-16)9-11(2)3/h7-8,11-12,14-15,18H,5-6,9-10,17H2,1-4H3. The topological polar surface area (TPSA) is 46.2 Å². The Labute approximate surface area is 122 Å². The van der Waals surface area contributed by atoms with Gasteiger partial charge in [0, 0.05) is 15.8 Å². The first-order chi connectivity index (χ1) is 8.93. The summed E-state index contributed by atoms with van der Waals surface area (Å²) < 4.78 is 0. The lowest BCUT2D eigenvalue weighted by atomic mass is 9.95. The van der Waals surface area contributed by atoms with Crippen molar-refractivity contribution in [2.75, 3.05) is 0 Å². The number of hydrogen-bond donors (Lipinski definition) is 2. The van der Waals surface area contributed by atoms with Gasteiger partial charge in [0.1, 0.15) is 0 Å². The van der Waals surface area contributed by atoms with E-state index in [1.165, 1.54) is 9.75 Å². The SMILES string of the molecule is CCCC(N)C(O)CC(C)c1ccc(CC(C)C)s1. The summed E-state index contributed by atoms with van der Waals surface area (Å²) in [5.74, 6) is 1.09. The second kappa shape index (κ2) is 8.03. The maximum atomic E-state index is 10.1. The van der Waals surface area contributed by atoms with Gasteiger partial charge in [-0.3, -0.25) is 0 Å². The van der Waals surface area contributed by atoms with E-state index in [0.717, 1.165) is 25.7 Å². The van der Waals surface area contributed by atoms with Crippen LogP contribution in [0.4, 0.5) is 0 Å². The second-order valence-electron chi connectivity index (χ2n) is 6.06. The summed E-state index contributed by atoms with van der Waals surface area (Å²) in [6.07, 6.45) is 3.46. The fraction of sp³-hybridized carbons (Fsp3) is 0.750. The molecule has 3 unspecified atom stereocenters. The molecule has 0 aliphatic heterocycles. The van der Waals surface area contributed by atoms with Gasteiger partial charge in [-0.15, -0.1) is 11.3 Å². The molecule has 0 aromatic carbocycles. The van der Waals surface area contributed by atoms with Gasteiger partial charge in [0.05, 0.1) is 6.10 Å². The van der Waals surface area contributed by atoms with Crippen molar-refractivity contribution in [1.29, 1.82) is 0 Å². The number of hydrogen-bond acceptors (Lipinski definition) is 3. The van der Waals surface area contributed by atoms with Crippen LogP contribution in [0.2, 0.25) is 0 Å². The van der Waals surface area contributed by atoms with E-state index in [4.69, 9.17) is 5.73 Å². The highest BCUT2D eigenvalue weighted by Gasteiger charge is 2.19.